The van der Waals surface area contributed by atoms with Crippen LogP contribution in [0.1, 0.15) is 26.4 Å². The second-order valence-electron chi connectivity index (χ2n) is 4.26. The average molecular weight is 283 g/mol. The lowest BCUT2D eigenvalue weighted by Crippen LogP contribution is -2.29. The molecule has 6 heteroatoms. The zero-order valence-corrected chi connectivity index (χ0v) is 11.1. The molecule has 1 aliphatic heterocycles. The summed E-state index contributed by atoms with van der Waals surface area (Å²) in [6.45, 7) is 0. The van der Waals surface area contributed by atoms with Gasteiger partial charge in [0.2, 0.25) is 0 Å². The number of benzene rings is 1. The van der Waals surface area contributed by atoms with Crippen molar-refractivity contribution in [2.75, 3.05) is 4.90 Å². The Bertz CT molecular complexity index is 705. The fourth-order valence-corrected chi connectivity index (χ4v) is 2.21. The van der Waals surface area contributed by atoms with E-state index in [2.05, 4.69) is 4.98 Å². The number of imide groups is 1. The van der Waals surface area contributed by atoms with Crippen LogP contribution in [0.3, 0.4) is 0 Å². The maximum atomic E-state index is 12.2. The molecule has 20 heavy (non-hydrogen) atoms. The van der Waals surface area contributed by atoms with Gasteiger partial charge in [-0.1, -0.05) is 12.2 Å². The Morgan fingerprint density at radius 2 is 1.80 bits per heavy atom. The molecular formula is C14H9N3O2S. The highest BCUT2D eigenvalue weighted by molar-refractivity contribution is 7.80. The third-order valence-electron chi connectivity index (χ3n) is 3.06. The van der Waals surface area contributed by atoms with Gasteiger partial charge in [-0.25, -0.2) is 4.90 Å². The van der Waals surface area contributed by atoms with Gasteiger partial charge in [0.25, 0.3) is 11.8 Å². The molecule has 0 spiro atoms. The number of nitrogens with two attached hydrogens (primary N) is 1. The van der Waals surface area contributed by atoms with Crippen molar-refractivity contribution in [3.05, 3.63) is 59.4 Å². The number of fused-ring (bicyclic) bond motifs is 1. The van der Waals surface area contributed by atoms with Crippen molar-refractivity contribution in [3.63, 3.8) is 0 Å². The third-order valence-corrected chi connectivity index (χ3v) is 3.29. The summed E-state index contributed by atoms with van der Waals surface area (Å²) in [5.74, 6) is -0.796. The van der Waals surface area contributed by atoms with E-state index in [9.17, 15) is 9.59 Å². The highest BCUT2D eigenvalue weighted by atomic mass is 32.1. The molecule has 5 nitrogen and oxygen atoms in total. The normalized spacial score (nSPS) is 13.5. The van der Waals surface area contributed by atoms with Gasteiger partial charge >= 0.3 is 0 Å². The largest absolute Gasteiger partial charge is 0.389 e. The van der Waals surface area contributed by atoms with Crippen LogP contribution in [0.5, 0.6) is 0 Å². The van der Waals surface area contributed by atoms with Crippen LogP contribution in [0.25, 0.3) is 0 Å². The zero-order chi connectivity index (χ0) is 14.3. The lowest BCUT2D eigenvalue weighted by atomic mass is 10.2. The van der Waals surface area contributed by atoms with E-state index < -0.39 is 5.91 Å². The Morgan fingerprint density at radius 1 is 1.10 bits per heavy atom. The van der Waals surface area contributed by atoms with Crippen molar-refractivity contribution < 1.29 is 9.59 Å². The van der Waals surface area contributed by atoms with E-state index in [0.717, 1.165) is 4.90 Å². The standard InChI is InChI=1S/C14H9N3O2S/c15-12(20)8-3-5-9(6-4-8)17-13(18)10-2-1-7-16-11(10)14(17)19/h1-7H,(H2,15,20). The van der Waals surface area contributed by atoms with Crippen molar-refractivity contribution >= 4 is 34.7 Å². The number of anilines is 1. The molecular weight excluding hydrogens is 274 g/mol. The molecule has 0 unspecified atom stereocenters. The molecule has 0 saturated heterocycles. The Balaban J connectivity index is 2.02. The summed E-state index contributed by atoms with van der Waals surface area (Å²) >= 11 is 4.86. The lowest BCUT2D eigenvalue weighted by molar-refractivity contribution is 0.0924. The molecule has 0 radical (unpaired) electrons. The monoisotopic (exact) mass is 283 g/mol. The van der Waals surface area contributed by atoms with Gasteiger partial charge in [-0.15, -0.1) is 0 Å². The van der Waals surface area contributed by atoms with E-state index >= 15 is 0 Å². The minimum Gasteiger partial charge on any atom is -0.389 e. The lowest BCUT2D eigenvalue weighted by Gasteiger charge is -2.13. The van der Waals surface area contributed by atoms with Crippen LogP contribution in [-0.4, -0.2) is 21.8 Å². The summed E-state index contributed by atoms with van der Waals surface area (Å²) in [5.41, 5.74) is 7.16. The highest BCUT2D eigenvalue weighted by Gasteiger charge is 2.37. The molecule has 98 valence electrons. The van der Waals surface area contributed by atoms with Gasteiger partial charge in [-0.05, 0) is 36.4 Å². The van der Waals surface area contributed by atoms with Crippen LogP contribution in [-0.2, 0) is 0 Å². The maximum absolute atomic E-state index is 12.2. The van der Waals surface area contributed by atoms with E-state index in [0.29, 0.717) is 16.8 Å². The number of aromatic nitrogens is 1. The molecule has 1 aliphatic rings. The molecule has 2 amide bonds. The smallest absolute Gasteiger partial charge is 0.284 e. The van der Waals surface area contributed by atoms with Gasteiger partial charge < -0.3 is 5.73 Å². The molecule has 0 bridgehead atoms. The van der Waals surface area contributed by atoms with Crippen molar-refractivity contribution in [2.24, 2.45) is 5.73 Å². The SMILES string of the molecule is NC(=S)c1ccc(N2C(=O)c3cccnc3C2=O)cc1. The molecule has 0 fully saturated rings. The third kappa shape index (κ3) is 1.78. The van der Waals surface area contributed by atoms with E-state index in [-0.39, 0.29) is 16.6 Å². The van der Waals surface area contributed by atoms with Gasteiger partial charge in [0, 0.05) is 11.8 Å². The quantitative estimate of drug-likeness (QED) is 0.668. The molecule has 2 N–H and O–H groups in total. The first-order valence-corrected chi connectivity index (χ1v) is 6.24. The molecule has 1 aromatic carbocycles. The number of pyridine rings is 1. The van der Waals surface area contributed by atoms with Gasteiger partial charge in [0.15, 0.2) is 0 Å². The van der Waals surface area contributed by atoms with E-state index in [1.807, 2.05) is 0 Å². The molecule has 0 aliphatic carbocycles. The van der Waals surface area contributed by atoms with Crippen molar-refractivity contribution in [3.8, 4) is 0 Å². The number of hydrogen-bond donors (Lipinski definition) is 1. The minimum absolute atomic E-state index is 0.177. The molecule has 1 aromatic heterocycles. The van der Waals surface area contributed by atoms with Crippen LogP contribution >= 0.6 is 12.2 Å². The van der Waals surface area contributed by atoms with E-state index in [1.165, 1.54) is 6.20 Å². The fraction of sp³-hybridized carbons (Fsp3) is 0. The molecule has 2 aromatic rings. The molecule has 2 heterocycles. The van der Waals surface area contributed by atoms with Crippen LogP contribution in [0.2, 0.25) is 0 Å². The van der Waals surface area contributed by atoms with E-state index in [1.54, 1.807) is 36.4 Å². The van der Waals surface area contributed by atoms with Gasteiger partial charge in [0.05, 0.1) is 11.3 Å². The summed E-state index contributed by atoms with van der Waals surface area (Å²) in [6, 6.07) is 9.84. The second-order valence-corrected chi connectivity index (χ2v) is 4.70. The topological polar surface area (TPSA) is 76.3 Å². The van der Waals surface area contributed by atoms with Crippen molar-refractivity contribution in [1.82, 2.24) is 4.98 Å². The predicted molar refractivity (Wildman–Crippen MR) is 77.7 cm³/mol. The number of carbonyl (C=O) groups excluding carboxylic acids is 2. The number of carbonyl (C=O) groups is 2. The number of rotatable bonds is 2. The van der Waals surface area contributed by atoms with Crippen molar-refractivity contribution in [2.45, 2.75) is 0 Å². The number of thiocarbonyl (C=S) groups is 1. The van der Waals surface area contributed by atoms with Crippen molar-refractivity contribution in [1.29, 1.82) is 0 Å². The zero-order valence-electron chi connectivity index (χ0n) is 10.2. The number of nitrogens with zero attached hydrogens (tertiary/aromatic N) is 2. The van der Waals surface area contributed by atoms with Gasteiger partial charge in [0.1, 0.15) is 10.7 Å². The van der Waals surface area contributed by atoms with Crippen LogP contribution < -0.4 is 10.6 Å². The fourth-order valence-electron chi connectivity index (χ4n) is 2.08. The van der Waals surface area contributed by atoms with Crippen LogP contribution in [0.15, 0.2) is 42.6 Å². The first kappa shape index (κ1) is 12.4. The van der Waals surface area contributed by atoms with E-state index in [4.69, 9.17) is 18.0 Å². The number of hydrogen-bond acceptors (Lipinski definition) is 4. The van der Waals surface area contributed by atoms with Crippen LogP contribution in [0, 0.1) is 0 Å². The van der Waals surface area contributed by atoms with Gasteiger partial charge in [-0.3, -0.25) is 14.6 Å². The Morgan fingerprint density at radius 3 is 2.40 bits per heavy atom. The van der Waals surface area contributed by atoms with Gasteiger partial charge in [-0.2, -0.15) is 0 Å². The first-order chi connectivity index (χ1) is 9.59. The summed E-state index contributed by atoms with van der Waals surface area (Å²) < 4.78 is 0. The Hall–Kier alpha value is -2.60. The van der Waals surface area contributed by atoms with Crippen LogP contribution in [0.4, 0.5) is 5.69 Å². The maximum Gasteiger partial charge on any atom is 0.284 e. The number of amides is 2. The minimum atomic E-state index is -0.423. The predicted octanol–water partition coefficient (Wildman–Crippen LogP) is 1.52. The summed E-state index contributed by atoms with van der Waals surface area (Å²) in [5, 5.41) is 0. The first-order valence-electron chi connectivity index (χ1n) is 5.83. The summed E-state index contributed by atoms with van der Waals surface area (Å²) in [4.78, 5) is 29.8. The Labute approximate surface area is 120 Å². The summed E-state index contributed by atoms with van der Waals surface area (Å²) in [7, 11) is 0. The Kier molecular flexibility index (Phi) is 2.80. The summed E-state index contributed by atoms with van der Waals surface area (Å²) in [6.07, 6.45) is 1.49. The molecule has 3 rings (SSSR count). The average Bonchev–Trinajstić information content (AvgIpc) is 2.72. The molecule has 0 atom stereocenters. The molecule has 0 saturated carbocycles. The second kappa shape index (κ2) is 4.50. The highest BCUT2D eigenvalue weighted by Crippen LogP contribution is 2.27.